The van der Waals surface area contributed by atoms with Gasteiger partial charge in [-0.3, -0.25) is 4.79 Å². The fraction of sp³-hybridized carbons (Fsp3) is 0.150. The summed E-state index contributed by atoms with van der Waals surface area (Å²) in [5.41, 5.74) is 5.82. The van der Waals surface area contributed by atoms with Gasteiger partial charge in [0.25, 0.3) is 5.91 Å². The van der Waals surface area contributed by atoms with E-state index in [-0.39, 0.29) is 12.4 Å². The van der Waals surface area contributed by atoms with Crippen molar-refractivity contribution in [3.05, 3.63) is 77.4 Å². The van der Waals surface area contributed by atoms with Crippen LogP contribution in [-0.4, -0.2) is 28.5 Å². The Bertz CT molecular complexity index is 967. The third-order valence-corrected chi connectivity index (χ3v) is 3.93. The summed E-state index contributed by atoms with van der Waals surface area (Å²) in [5.74, 6) is -0.985. The van der Waals surface area contributed by atoms with Crippen LogP contribution < -0.4 is 10.2 Å². The largest absolute Gasteiger partial charge is 0.481 e. The number of ether oxygens (including phenoxy) is 1. The number of nitrogens with one attached hydrogen (secondary N) is 1. The van der Waals surface area contributed by atoms with Crippen molar-refractivity contribution in [3.63, 3.8) is 0 Å². The normalized spacial score (nSPS) is 10.9. The first-order valence-electron chi connectivity index (χ1n) is 8.37. The summed E-state index contributed by atoms with van der Waals surface area (Å²) in [6.07, 6.45) is 1.54. The van der Waals surface area contributed by atoms with E-state index in [0.717, 1.165) is 22.6 Å². The van der Waals surface area contributed by atoms with E-state index >= 15 is 0 Å². The van der Waals surface area contributed by atoms with Crippen molar-refractivity contribution in [1.29, 1.82) is 0 Å². The number of hydrazone groups is 1. The summed E-state index contributed by atoms with van der Waals surface area (Å²) in [5, 5.41) is 8.46. The standard InChI is InChI=1S/C20H19FN4O2/c1-14-17(15(2)25(24-14)16-8-4-3-5-9-16)12-22-23-20(26)13-27-19-11-7-6-10-18(19)21/h3-12H,13H2,1-2H3,(H,23,26)/b22-12-. The van der Waals surface area contributed by atoms with Crippen LogP contribution in [0.25, 0.3) is 5.69 Å². The maximum Gasteiger partial charge on any atom is 0.277 e. The summed E-state index contributed by atoms with van der Waals surface area (Å²) in [4.78, 5) is 11.8. The zero-order valence-corrected chi connectivity index (χ0v) is 15.0. The molecule has 0 aliphatic heterocycles. The number of nitrogens with zero attached hydrogens (tertiary/aromatic N) is 3. The maximum atomic E-state index is 13.4. The second-order valence-electron chi connectivity index (χ2n) is 5.84. The van der Waals surface area contributed by atoms with Crippen LogP contribution in [0, 0.1) is 19.7 Å². The smallest absolute Gasteiger partial charge is 0.277 e. The number of benzene rings is 2. The van der Waals surface area contributed by atoms with E-state index in [1.165, 1.54) is 18.3 Å². The van der Waals surface area contributed by atoms with Gasteiger partial charge in [0.15, 0.2) is 18.2 Å². The molecule has 0 saturated carbocycles. The first-order chi connectivity index (χ1) is 13.1. The average molecular weight is 366 g/mol. The van der Waals surface area contributed by atoms with E-state index in [1.807, 2.05) is 48.9 Å². The Balaban J connectivity index is 1.62. The molecule has 3 aromatic rings. The Kier molecular flexibility index (Phi) is 5.61. The Hall–Kier alpha value is -3.48. The number of carbonyl (C=O) groups is 1. The molecule has 138 valence electrons. The lowest BCUT2D eigenvalue weighted by Crippen LogP contribution is -2.24. The second kappa shape index (κ2) is 8.27. The van der Waals surface area contributed by atoms with Gasteiger partial charge in [-0.05, 0) is 38.1 Å². The Morgan fingerprint density at radius 2 is 1.89 bits per heavy atom. The van der Waals surface area contributed by atoms with Gasteiger partial charge in [0.05, 0.1) is 23.3 Å². The highest BCUT2D eigenvalue weighted by atomic mass is 19.1. The third kappa shape index (κ3) is 4.38. The van der Waals surface area contributed by atoms with Crippen molar-refractivity contribution in [2.75, 3.05) is 6.61 Å². The lowest BCUT2D eigenvalue weighted by atomic mass is 10.2. The van der Waals surface area contributed by atoms with Crippen LogP contribution in [-0.2, 0) is 4.79 Å². The highest BCUT2D eigenvalue weighted by molar-refractivity contribution is 5.85. The molecule has 1 amide bonds. The van der Waals surface area contributed by atoms with E-state index in [9.17, 15) is 9.18 Å². The molecule has 1 heterocycles. The molecule has 3 rings (SSSR count). The van der Waals surface area contributed by atoms with Gasteiger partial charge in [-0.15, -0.1) is 0 Å². The molecule has 0 radical (unpaired) electrons. The molecule has 0 bridgehead atoms. The average Bonchev–Trinajstić information content (AvgIpc) is 2.96. The molecule has 7 heteroatoms. The molecule has 2 aromatic carbocycles. The van der Waals surface area contributed by atoms with Crippen molar-refractivity contribution >= 4 is 12.1 Å². The van der Waals surface area contributed by atoms with Gasteiger partial charge >= 0.3 is 0 Å². The van der Waals surface area contributed by atoms with E-state index < -0.39 is 11.7 Å². The molecule has 0 unspecified atom stereocenters. The molecule has 0 atom stereocenters. The van der Waals surface area contributed by atoms with Gasteiger partial charge in [0.1, 0.15) is 0 Å². The minimum atomic E-state index is -0.520. The highest BCUT2D eigenvalue weighted by Crippen LogP contribution is 2.16. The van der Waals surface area contributed by atoms with Crippen LogP contribution in [0.2, 0.25) is 0 Å². The zero-order chi connectivity index (χ0) is 19.2. The van der Waals surface area contributed by atoms with Gasteiger partial charge in [-0.25, -0.2) is 14.5 Å². The molecule has 0 aliphatic carbocycles. The molecule has 1 N–H and O–H groups in total. The van der Waals surface area contributed by atoms with E-state index in [1.54, 1.807) is 12.1 Å². The zero-order valence-electron chi connectivity index (χ0n) is 15.0. The van der Waals surface area contributed by atoms with Crippen molar-refractivity contribution in [2.45, 2.75) is 13.8 Å². The molecule has 0 saturated heterocycles. The fourth-order valence-electron chi connectivity index (χ4n) is 2.57. The molecule has 0 spiro atoms. The van der Waals surface area contributed by atoms with Gasteiger partial charge in [0, 0.05) is 5.56 Å². The summed E-state index contributed by atoms with van der Waals surface area (Å²) in [7, 11) is 0. The number of aromatic nitrogens is 2. The summed E-state index contributed by atoms with van der Waals surface area (Å²) in [6, 6.07) is 15.6. The number of halogens is 1. The van der Waals surface area contributed by atoms with Crippen LogP contribution in [0.3, 0.4) is 0 Å². The van der Waals surface area contributed by atoms with Gasteiger partial charge < -0.3 is 4.74 Å². The minimum Gasteiger partial charge on any atom is -0.481 e. The lowest BCUT2D eigenvalue weighted by Gasteiger charge is -2.05. The van der Waals surface area contributed by atoms with Crippen molar-refractivity contribution < 1.29 is 13.9 Å². The van der Waals surface area contributed by atoms with Crippen LogP contribution in [0.5, 0.6) is 5.75 Å². The third-order valence-electron chi connectivity index (χ3n) is 3.93. The Morgan fingerprint density at radius 3 is 2.63 bits per heavy atom. The van der Waals surface area contributed by atoms with E-state index in [2.05, 4.69) is 15.6 Å². The fourth-order valence-corrected chi connectivity index (χ4v) is 2.57. The van der Waals surface area contributed by atoms with E-state index in [0.29, 0.717) is 0 Å². The van der Waals surface area contributed by atoms with Crippen LogP contribution in [0.15, 0.2) is 59.7 Å². The molecule has 1 aromatic heterocycles. The quantitative estimate of drug-likeness (QED) is 0.538. The summed E-state index contributed by atoms with van der Waals surface area (Å²) in [6.45, 7) is 3.47. The highest BCUT2D eigenvalue weighted by Gasteiger charge is 2.11. The number of carbonyl (C=O) groups excluding carboxylic acids is 1. The monoisotopic (exact) mass is 366 g/mol. The second-order valence-corrected chi connectivity index (χ2v) is 5.84. The predicted molar refractivity (Wildman–Crippen MR) is 101 cm³/mol. The predicted octanol–water partition coefficient (Wildman–Crippen LogP) is 3.16. The topological polar surface area (TPSA) is 68.5 Å². The molecular formula is C20H19FN4O2. The molecular weight excluding hydrogens is 347 g/mol. The minimum absolute atomic E-state index is 0.0208. The van der Waals surface area contributed by atoms with Gasteiger partial charge in [-0.2, -0.15) is 10.2 Å². The first-order valence-corrected chi connectivity index (χ1v) is 8.37. The Morgan fingerprint density at radius 1 is 1.19 bits per heavy atom. The number of aryl methyl sites for hydroxylation is 1. The van der Waals surface area contributed by atoms with Gasteiger partial charge in [0.2, 0.25) is 0 Å². The lowest BCUT2D eigenvalue weighted by molar-refractivity contribution is -0.123. The number of amides is 1. The number of rotatable bonds is 6. The number of para-hydroxylation sites is 2. The van der Waals surface area contributed by atoms with Crippen LogP contribution in [0.1, 0.15) is 17.0 Å². The van der Waals surface area contributed by atoms with Crippen LogP contribution >= 0.6 is 0 Å². The Labute approximate surface area is 156 Å². The SMILES string of the molecule is Cc1nn(-c2ccccc2)c(C)c1/C=N\NC(=O)COc1ccccc1F. The van der Waals surface area contributed by atoms with Crippen molar-refractivity contribution in [3.8, 4) is 11.4 Å². The molecule has 0 aliphatic rings. The molecule has 0 fully saturated rings. The number of hydrogen-bond donors (Lipinski definition) is 1. The van der Waals surface area contributed by atoms with E-state index in [4.69, 9.17) is 4.74 Å². The summed E-state index contributed by atoms with van der Waals surface area (Å²) < 4.78 is 20.4. The molecule has 27 heavy (non-hydrogen) atoms. The van der Waals surface area contributed by atoms with Crippen LogP contribution in [0.4, 0.5) is 4.39 Å². The molecule has 6 nitrogen and oxygen atoms in total. The first kappa shape index (κ1) is 18.3. The number of hydrogen-bond acceptors (Lipinski definition) is 4. The van der Waals surface area contributed by atoms with Gasteiger partial charge in [-0.1, -0.05) is 30.3 Å². The summed E-state index contributed by atoms with van der Waals surface area (Å²) >= 11 is 0. The maximum absolute atomic E-state index is 13.4. The van der Waals surface area contributed by atoms with Crippen molar-refractivity contribution in [1.82, 2.24) is 15.2 Å². The van der Waals surface area contributed by atoms with Crippen molar-refractivity contribution in [2.24, 2.45) is 5.10 Å².